The van der Waals surface area contributed by atoms with Crippen LogP contribution >= 0.6 is 0 Å². The molecule has 0 radical (unpaired) electrons. The third-order valence-electron chi connectivity index (χ3n) is 1.62. The van der Waals surface area contributed by atoms with E-state index in [4.69, 9.17) is 0 Å². The highest BCUT2D eigenvalue weighted by molar-refractivity contribution is 5.42. The van der Waals surface area contributed by atoms with Gasteiger partial charge in [-0.15, -0.1) is 0 Å². The Balaban J connectivity index is 3.18. The summed E-state index contributed by atoms with van der Waals surface area (Å²) in [5.41, 5.74) is -0.876. The first-order valence-electron chi connectivity index (χ1n) is 3.79. The smallest absolute Gasteiger partial charge is 0.421 e. The molecule has 0 spiro atoms. The van der Waals surface area contributed by atoms with Crippen LogP contribution in [0.4, 0.5) is 19.0 Å². The number of methoxy groups -OCH3 is 1. The van der Waals surface area contributed by atoms with Gasteiger partial charge in [0, 0.05) is 7.05 Å². The maximum Gasteiger partial charge on any atom is 0.421 e. The summed E-state index contributed by atoms with van der Waals surface area (Å²) in [7, 11) is 2.71. The molecule has 0 atom stereocenters. The number of alkyl halides is 3. The van der Waals surface area contributed by atoms with Crippen LogP contribution in [-0.2, 0) is 6.18 Å². The van der Waals surface area contributed by atoms with E-state index in [0.29, 0.717) is 5.82 Å². The zero-order valence-electron chi connectivity index (χ0n) is 7.64. The Hall–Kier alpha value is -1.46. The number of halogens is 3. The van der Waals surface area contributed by atoms with Gasteiger partial charge in [-0.1, -0.05) is 0 Å². The van der Waals surface area contributed by atoms with Gasteiger partial charge in [0.1, 0.15) is 11.4 Å². The zero-order chi connectivity index (χ0) is 10.8. The van der Waals surface area contributed by atoms with Gasteiger partial charge >= 0.3 is 6.18 Å². The van der Waals surface area contributed by atoms with E-state index in [1.165, 1.54) is 6.07 Å². The molecule has 0 aliphatic heterocycles. The van der Waals surface area contributed by atoms with Crippen molar-refractivity contribution in [3.8, 4) is 5.88 Å². The Kier molecular flexibility index (Phi) is 2.83. The average Bonchev–Trinajstić information content (AvgIpc) is 2.15. The molecule has 14 heavy (non-hydrogen) atoms. The second kappa shape index (κ2) is 3.73. The molecule has 0 amide bonds. The quantitative estimate of drug-likeness (QED) is 0.805. The van der Waals surface area contributed by atoms with Crippen LogP contribution in [0.1, 0.15) is 5.56 Å². The molecule has 0 unspecified atom stereocenters. The molecule has 1 aromatic heterocycles. The van der Waals surface area contributed by atoms with Crippen molar-refractivity contribution in [1.29, 1.82) is 0 Å². The molecule has 0 aromatic carbocycles. The maximum atomic E-state index is 12.3. The summed E-state index contributed by atoms with van der Waals surface area (Å²) in [6, 6.07) is 2.17. The fraction of sp³-hybridized carbons (Fsp3) is 0.375. The highest BCUT2D eigenvalue weighted by Crippen LogP contribution is 2.35. The minimum absolute atomic E-state index is 0.329. The van der Waals surface area contributed by atoms with E-state index in [1.807, 2.05) is 0 Å². The normalized spacial score (nSPS) is 11.2. The van der Waals surface area contributed by atoms with E-state index < -0.39 is 17.6 Å². The van der Waals surface area contributed by atoms with Crippen LogP contribution in [0.15, 0.2) is 12.1 Å². The van der Waals surface area contributed by atoms with Gasteiger partial charge < -0.3 is 10.1 Å². The van der Waals surface area contributed by atoms with Crippen molar-refractivity contribution < 1.29 is 17.9 Å². The van der Waals surface area contributed by atoms with Crippen molar-refractivity contribution in [2.45, 2.75) is 6.18 Å². The molecule has 1 N–H and O–H groups in total. The largest absolute Gasteiger partial charge is 0.481 e. The van der Waals surface area contributed by atoms with Gasteiger partial charge in [-0.25, -0.2) is 0 Å². The van der Waals surface area contributed by atoms with Crippen molar-refractivity contribution in [2.24, 2.45) is 0 Å². The van der Waals surface area contributed by atoms with Gasteiger partial charge in [0.15, 0.2) is 0 Å². The van der Waals surface area contributed by atoms with Gasteiger partial charge in [0.25, 0.3) is 0 Å². The fourth-order valence-electron chi connectivity index (χ4n) is 0.951. The van der Waals surface area contributed by atoms with Crippen LogP contribution in [0, 0.1) is 0 Å². The Morgan fingerprint density at radius 2 is 2.00 bits per heavy atom. The first-order valence-corrected chi connectivity index (χ1v) is 3.79. The average molecular weight is 206 g/mol. The van der Waals surface area contributed by atoms with Crippen LogP contribution in [0.25, 0.3) is 0 Å². The first kappa shape index (κ1) is 10.6. The summed E-state index contributed by atoms with van der Waals surface area (Å²) in [4.78, 5) is 3.62. The summed E-state index contributed by atoms with van der Waals surface area (Å²) in [6.45, 7) is 0. The molecule has 1 heterocycles. The highest BCUT2D eigenvalue weighted by atomic mass is 19.4. The van der Waals surface area contributed by atoms with E-state index in [0.717, 1.165) is 13.2 Å². The van der Waals surface area contributed by atoms with E-state index in [9.17, 15) is 13.2 Å². The Morgan fingerprint density at radius 1 is 1.36 bits per heavy atom. The van der Waals surface area contributed by atoms with E-state index in [-0.39, 0.29) is 0 Å². The molecule has 0 fully saturated rings. The van der Waals surface area contributed by atoms with Gasteiger partial charge in [0.2, 0.25) is 5.88 Å². The molecule has 0 bridgehead atoms. The van der Waals surface area contributed by atoms with Crippen LogP contribution in [0.5, 0.6) is 5.88 Å². The van der Waals surface area contributed by atoms with Crippen LogP contribution in [0.2, 0.25) is 0 Å². The van der Waals surface area contributed by atoms with Gasteiger partial charge in [-0.05, 0) is 12.1 Å². The number of nitrogens with one attached hydrogen (secondary N) is 1. The minimum atomic E-state index is -4.44. The summed E-state index contributed by atoms with van der Waals surface area (Å²) in [6.07, 6.45) is -4.44. The highest BCUT2D eigenvalue weighted by Gasteiger charge is 2.35. The molecule has 3 nitrogen and oxygen atoms in total. The van der Waals surface area contributed by atoms with Crippen molar-refractivity contribution in [1.82, 2.24) is 4.98 Å². The molecule has 1 rings (SSSR count). The van der Waals surface area contributed by atoms with E-state index in [2.05, 4.69) is 15.0 Å². The summed E-state index contributed by atoms with van der Waals surface area (Å²) >= 11 is 0. The number of anilines is 1. The molecule has 78 valence electrons. The van der Waals surface area contributed by atoms with Gasteiger partial charge in [-0.2, -0.15) is 18.2 Å². The minimum Gasteiger partial charge on any atom is -0.481 e. The van der Waals surface area contributed by atoms with Crippen molar-refractivity contribution in [3.63, 3.8) is 0 Å². The molecule has 0 aliphatic rings. The Labute approximate surface area is 78.9 Å². The number of hydrogen-bond acceptors (Lipinski definition) is 3. The molecule has 1 aromatic rings. The summed E-state index contributed by atoms with van der Waals surface area (Å²) in [5.74, 6) is -0.0980. The molecule has 6 heteroatoms. The molecular formula is C8H9F3N2O. The lowest BCUT2D eigenvalue weighted by molar-refractivity contribution is -0.139. The van der Waals surface area contributed by atoms with Crippen molar-refractivity contribution in [3.05, 3.63) is 17.7 Å². The Morgan fingerprint density at radius 3 is 2.43 bits per heavy atom. The zero-order valence-corrected chi connectivity index (χ0v) is 7.64. The lowest BCUT2D eigenvalue weighted by Gasteiger charge is -2.11. The number of aromatic nitrogens is 1. The molecule has 0 saturated heterocycles. The lowest BCUT2D eigenvalue weighted by atomic mass is 10.2. The first-order chi connectivity index (χ1) is 6.49. The van der Waals surface area contributed by atoms with E-state index in [1.54, 1.807) is 7.05 Å². The number of pyridine rings is 1. The van der Waals surface area contributed by atoms with Crippen molar-refractivity contribution >= 4 is 5.82 Å². The summed E-state index contributed by atoms with van der Waals surface area (Å²) in [5, 5.41) is 2.62. The molecule has 0 aliphatic carbocycles. The lowest BCUT2D eigenvalue weighted by Crippen LogP contribution is -2.09. The van der Waals surface area contributed by atoms with Crippen molar-refractivity contribution in [2.75, 3.05) is 19.5 Å². The number of rotatable bonds is 2. The number of hydrogen-bond donors (Lipinski definition) is 1. The van der Waals surface area contributed by atoms with Crippen LogP contribution < -0.4 is 10.1 Å². The van der Waals surface area contributed by atoms with Gasteiger partial charge in [-0.3, -0.25) is 0 Å². The second-order valence-electron chi connectivity index (χ2n) is 2.50. The third kappa shape index (κ3) is 2.07. The Bertz CT molecular complexity index is 325. The third-order valence-corrected chi connectivity index (χ3v) is 1.62. The summed E-state index contributed by atoms with van der Waals surface area (Å²) < 4.78 is 41.5. The predicted molar refractivity (Wildman–Crippen MR) is 45.3 cm³/mol. The second-order valence-corrected chi connectivity index (χ2v) is 2.50. The van der Waals surface area contributed by atoms with Crippen LogP contribution in [0.3, 0.4) is 0 Å². The number of nitrogens with zero attached hydrogens (tertiary/aromatic N) is 1. The number of ether oxygens (including phenoxy) is 1. The topological polar surface area (TPSA) is 34.1 Å². The van der Waals surface area contributed by atoms with E-state index >= 15 is 0 Å². The predicted octanol–water partition coefficient (Wildman–Crippen LogP) is 2.15. The standard InChI is InChI=1S/C8H9F3N2O/c1-12-6-4-3-5(8(9,10)11)7(13-6)14-2/h3-4H,1-2H3,(H,12,13). The van der Waals surface area contributed by atoms with Crippen LogP contribution in [-0.4, -0.2) is 19.1 Å². The fourth-order valence-corrected chi connectivity index (χ4v) is 0.951. The monoisotopic (exact) mass is 206 g/mol. The maximum absolute atomic E-state index is 12.3. The molecule has 0 saturated carbocycles. The van der Waals surface area contributed by atoms with Gasteiger partial charge in [0.05, 0.1) is 7.11 Å². The SMILES string of the molecule is CNc1ccc(C(F)(F)F)c(OC)n1. The molecular weight excluding hydrogens is 197 g/mol.